The fourth-order valence-corrected chi connectivity index (χ4v) is 1.76. The molecule has 4 heteroatoms. The zero-order valence-corrected chi connectivity index (χ0v) is 9.43. The molecule has 1 aromatic carbocycles. The Labute approximate surface area is 84.9 Å². The molecule has 0 spiro atoms. The average Bonchev–Trinajstić information content (AvgIpc) is 2.01. The van der Waals surface area contributed by atoms with Crippen molar-refractivity contribution in [3.8, 4) is 0 Å². The summed E-state index contributed by atoms with van der Waals surface area (Å²) in [6, 6.07) is 6.66. The van der Waals surface area contributed by atoms with E-state index in [1.807, 2.05) is 13.8 Å². The van der Waals surface area contributed by atoms with Crippen molar-refractivity contribution in [1.29, 1.82) is 0 Å². The minimum absolute atomic E-state index is 0.325. The van der Waals surface area contributed by atoms with Crippen LogP contribution in [0.5, 0.6) is 0 Å². The summed E-state index contributed by atoms with van der Waals surface area (Å²) in [6.07, 6.45) is 1.19. The second-order valence-corrected chi connectivity index (χ2v) is 6.03. The predicted octanol–water partition coefficient (Wildman–Crippen LogP) is 1.28. The molecule has 0 bridgehead atoms. The van der Waals surface area contributed by atoms with Gasteiger partial charge in [0.15, 0.2) is 9.84 Å². The van der Waals surface area contributed by atoms with Gasteiger partial charge in [0.1, 0.15) is 0 Å². The third-order valence-corrected chi connectivity index (χ3v) is 3.15. The van der Waals surface area contributed by atoms with Crippen LogP contribution < -0.4 is 5.73 Å². The van der Waals surface area contributed by atoms with Gasteiger partial charge in [-0.05, 0) is 31.5 Å². The Bertz CT molecular complexity index is 412. The van der Waals surface area contributed by atoms with E-state index in [1.165, 1.54) is 6.26 Å². The van der Waals surface area contributed by atoms with Crippen LogP contribution >= 0.6 is 0 Å². The molecule has 1 aromatic rings. The lowest BCUT2D eigenvalue weighted by atomic mass is 9.96. The summed E-state index contributed by atoms with van der Waals surface area (Å²) in [4.78, 5) is 0.325. The largest absolute Gasteiger partial charge is 0.322 e. The normalized spacial score (nSPS) is 12.9. The van der Waals surface area contributed by atoms with Crippen LogP contribution in [0, 0.1) is 0 Å². The van der Waals surface area contributed by atoms with Crippen LogP contribution in [-0.4, -0.2) is 14.7 Å². The molecule has 78 valence electrons. The number of sulfone groups is 1. The van der Waals surface area contributed by atoms with E-state index in [2.05, 4.69) is 0 Å². The van der Waals surface area contributed by atoms with Gasteiger partial charge in [0.2, 0.25) is 0 Å². The van der Waals surface area contributed by atoms with E-state index in [4.69, 9.17) is 5.73 Å². The van der Waals surface area contributed by atoms with Gasteiger partial charge in [0.05, 0.1) is 4.90 Å². The van der Waals surface area contributed by atoms with Crippen LogP contribution in [0.15, 0.2) is 29.2 Å². The third-order valence-electron chi connectivity index (χ3n) is 2.03. The fraction of sp³-hybridized carbons (Fsp3) is 0.400. The van der Waals surface area contributed by atoms with Crippen LogP contribution in [-0.2, 0) is 15.4 Å². The van der Waals surface area contributed by atoms with Crippen molar-refractivity contribution in [2.45, 2.75) is 24.3 Å². The number of benzene rings is 1. The summed E-state index contributed by atoms with van der Waals surface area (Å²) >= 11 is 0. The zero-order chi connectivity index (χ0) is 11.0. The molecule has 0 aliphatic rings. The van der Waals surface area contributed by atoms with Gasteiger partial charge in [0, 0.05) is 11.8 Å². The van der Waals surface area contributed by atoms with Gasteiger partial charge in [-0.15, -0.1) is 0 Å². The van der Waals surface area contributed by atoms with Gasteiger partial charge >= 0.3 is 0 Å². The maximum Gasteiger partial charge on any atom is 0.175 e. The molecule has 0 saturated carbocycles. The van der Waals surface area contributed by atoms with Crippen LogP contribution in [0.4, 0.5) is 0 Å². The first-order chi connectivity index (χ1) is 6.21. The van der Waals surface area contributed by atoms with Crippen molar-refractivity contribution >= 4 is 9.84 Å². The first-order valence-electron chi connectivity index (χ1n) is 4.31. The Morgan fingerprint density at radius 3 is 1.86 bits per heavy atom. The second-order valence-electron chi connectivity index (χ2n) is 4.02. The zero-order valence-electron chi connectivity index (χ0n) is 8.61. The van der Waals surface area contributed by atoms with E-state index in [1.54, 1.807) is 24.3 Å². The minimum atomic E-state index is -3.11. The van der Waals surface area contributed by atoms with Crippen molar-refractivity contribution in [3.63, 3.8) is 0 Å². The summed E-state index contributed by atoms with van der Waals surface area (Å²) in [5, 5.41) is 0. The molecule has 2 N–H and O–H groups in total. The van der Waals surface area contributed by atoms with Crippen LogP contribution in [0.1, 0.15) is 19.4 Å². The summed E-state index contributed by atoms with van der Waals surface area (Å²) in [7, 11) is -3.11. The lowest BCUT2D eigenvalue weighted by Crippen LogP contribution is -2.28. The molecule has 0 radical (unpaired) electrons. The highest BCUT2D eigenvalue weighted by Gasteiger charge is 2.14. The monoisotopic (exact) mass is 213 g/mol. The lowest BCUT2D eigenvalue weighted by Gasteiger charge is -2.19. The summed E-state index contributed by atoms with van der Waals surface area (Å²) in [5.74, 6) is 0. The van der Waals surface area contributed by atoms with Crippen LogP contribution in [0.25, 0.3) is 0 Å². The number of hydrogen-bond donors (Lipinski definition) is 1. The van der Waals surface area contributed by atoms with E-state index < -0.39 is 15.4 Å². The molecule has 0 heterocycles. The van der Waals surface area contributed by atoms with Gasteiger partial charge in [-0.25, -0.2) is 8.42 Å². The molecule has 0 aliphatic heterocycles. The first-order valence-corrected chi connectivity index (χ1v) is 6.20. The van der Waals surface area contributed by atoms with Crippen LogP contribution in [0.3, 0.4) is 0 Å². The van der Waals surface area contributed by atoms with Gasteiger partial charge < -0.3 is 5.73 Å². The van der Waals surface area contributed by atoms with E-state index in [-0.39, 0.29) is 0 Å². The van der Waals surface area contributed by atoms with Crippen molar-refractivity contribution in [1.82, 2.24) is 0 Å². The SMILES string of the molecule is CC(C)(N)c1ccc(S(C)(=O)=O)cc1. The quantitative estimate of drug-likeness (QED) is 0.805. The van der Waals surface area contributed by atoms with Crippen molar-refractivity contribution in [3.05, 3.63) is 29.8 Å². The lowest BCUT2D eigenvalue weighted by molar-refractivity contribution is 0.553. The van der Waals surface area contributed by atoms with Crippen molar-refractivity contribution in [2.24, 2.45) is 5.73 Å². The van der Waals surface area contributed by atoms with Crippen molar-refractivity contribution in [2.75, 3.05) is 6.26 Å². The van der Waals surface area contributed by atoms with Gasteiger partial charge in [-0.3, -0.25) is 0 Å². The molecule has 0 fully saturated rings. The standard InChI is InChI=1S/C10H15NO2S/c1-10(2,11)8-4-6-9(7-5-8)14(3,12)13/h4-7H,11H2,1-3H3. The molecular weight excluding hydrogens is 198 g/mol. The Hall–Kier alpha value is -0.870. The topological polar surface area (TPSA) is 60.2 Å². The van der Waals surface area contributed by atoms with Gasteiger partial charge in [0.25, 0.3) is 0 Å². The highest BCUT2D eigenvalue weighted by atomic mass is 32.2. The smallest absolute Gasteiger partial charge is 0.175 e. The Morgan fingerprint density at radius 2 is 1.57 bits per heavy atom. The molecule has 0 unspecified atom stereocenters. The molecule has 0 amide bonds. The summed E-state index contributed by atoms with van der Waals surface area (Å²) in [6.45, 7) is 3.75. The van der Waals surface area contributed by atoms with E-state index >= 15 is 0 Å². The minimum Gasteiger partial charge on any atom is -0.322 e. The molecule has 0 aromatic heterocycles. The van der Waals surface area contributed by atoms with E-state index in [0.29, 0.717) is 4.90 Å². The number of rotatable bonds is 2. The molecule has 0 aliphatic carbocycles. The number of nitrogens with two attached hydrogens (primary N) is 1. The van der Waals surface area contributed by atoms with Crippen LogP contribution in [0.2, 0.25) is 0 Å². The number of hydrogen-bond acceptors (Lipinski definition) is 3. The predicted molar refractivity (Wildman–Crippen MR) is 56.8 cm³/mol. The molecule has 0 atom stereocenters. The summed E-state index contributed by atoms with van der Waals surface area (Å²) in [5.41, 5.74) is 6.35. The van der Waals surface area contributed by atoms with Gasteiger partial charge in [-0.1, -0.05) is 12.1 Å². The Morgan fingerprint density at radius 1 is 1.14 bits per heavy atom. The van der Waals surface area contributed by atoms with E-state index in [0.717, 1.165) is 5.56 Å². The highest BCUT2D eigenvalue weighted by Crippen LogP contribution is 2.18. The Balaban J connectivity index is 3.14. The fourth-order valence-electron chi connectivity index (χ4n) is 1.13. The van der Waals surface area contributed by atoms with E-state index in [9.17, 15) is 8.42 Å². The molecular formula is C10H15NO2S. The molecule has 0 saturated heterocycles. The molecule has 3 nitrogen and oxygen atoms in total. The van der Waals surface area contributed by atoms with Gasteiger partial charge in [-0.2, -0.15) is 0 Å². The second kappa shape index (κ2) is 3.37. The maximum atomic E-state index is 11.2. The first kappa shape index (κ1) is 11.2. The van der Waals surface area contributed by atoms with Crippen molar-refractivity contribution < 1.29 is 8.42 Å². The Kier molecular flexibility index (Phi) is 2.69. The maximum absolute atomic E-state index is 11.2. The molecule has 1 rings (SSSR count). The third kappa shape index (κ3) is 2.56. The highest BCUT2D eigenvalue weighted by molar-refractivity contribution is 7.90. The summed E-state index contributed by atoms with van der Waals surface area (Å²) < 4.78 is 22.3. The molecule has 14 heavy (non-hydrogen) atoms. The average molecular weight is 213 g/mol.